The van der Waals surface area contributed by atoms with Gasteiger partial charge in [-0.1, -0.05) is 20.8 Å². The summed E-state index contributed by atoms with van der Waals surface area (Å²) in [5, 5.41) is 18.6. The average molecular weight is 203 g/mol. The highest BCUT2D eigenvalue weighted by atomic mass is 16.3. The average Bonchev–Trinajstić information content (AvgIpc) is 1.77. The molecule has 2 N–H and O–H groups in total. The topological polar surface area (TPSA) is 43.7 Å². The zero-order valence-corrected chi connectivity index (χ0v) is 10.1. The Morgan fingerprint density at radius 1 is 1.00 bits per heavy atom. The van der Waals surface area contributed by atoms with Gasteiger partial charge >= 0.3 is 0 Å². The Balaban J connectivity index is 4.11. The van der Waals surface area contributed by atoms with Crippen LogP contribution < -0.4 is 0 Å². The molecule has 0 bridgehead atoms. The van der Waals surface area contributed by atoms with Crippen LogP contribution in [0, 0.1) is 5.41 Å². The van der Waals surface area contributed by atoms with Gasteiger partial charge in [0.2, 0.25) is 0 Å². The molecule has 0 spiro atoms. The molecule has 0 rings (SSSR count). The lowest BCUT2D eigenvalue weighted by molar-refractivity contribution is 0.0641. The Morgan fingerprint density at radius 2 is 1.36 bits per heavy atom. The van der Waals surface area contributed by atoms with Crippen molar-refractivity contribution in [2.75, 3.05) is 19.6 Å². The maximum atomic E-state index is 9.31. The van der Waals surface area contributed by atoms with E-state index in [9.17, 15) is 10.2 Å². The first kappa shape index (κ1) is 13.9. The van der Waals surface area contributed by atoms with Crippen molar-refractivity contribution in [3.05, 3.63) is 0 Å². The second kappa shape index (κ2) is 5.69. The summed E-state index contributed by atoms with van der Waals surface area (Å²) in [5.74, 6) is 0. The third kappa shape index (κ3) is 8.48. The van der Waals surface area contributed by atoms with E-state index in [2.05, 4.69) is 25.7 Å². The first-order chi connectivity index (χ1) is 6.20. The fourth-order valence-corrected chi connectivity index (χ4v) is 1.62. The largest absolute Gasteiger partial charge is 0.392 e. The quantitative estimate of drug-likeness (QED) is 0.703. The van der Waals surface area contributed by atoms with Crippen LogP contribution in [0.5, 0.6) is 0 Å². The van der Waals surface area contributed by atoms with Crippen LogP contribution in [0.2, 0.25) is 0 Å². The van der Waals surface area contributed by atoms with Crippen LogP contribution in [0.25, 0.3) is 0 Å². The van der Waals surface area contributed by atoms with Gasteiger partial charge in [0.05, 0.1) is 12.2 Å². The Kier molecular flexibility index (Phi) is 5.64. The van der Waals surface area contributed by atoms with Crippen LogP contribution >= 0.6 is 0 Å². The number of hydrogen-bond acceptors (Lipinski definition) is 3. The molecule has 0 aromatic carbocycles. The normalized spacial score (nSPS) is 17.1. The summed E-state index contributed by atoms with van der Waals surface area (Å²) >= 11 is 0. The molecule has 0 fully saturated rings. The predicted molar refractivity (Wildman–Crippen MR) is 59.3 cm³/mol. The van der Waals surface area contributed by atoms with Crippen LogP contribution in [0.15, 0.2) is 0 Å². The van der Waals surface area contributed by atoms with E-state index in [4.69, 9.17) is 0 Å². The van der Waals surface area contributed by atoms with E-state index in [0.717, 1.165) is 6.54 Å². The minimum absolute atomic E-state index is 0.198. The summed E-state index contributed by atoms with van der Waals surface area (Å²) in [6.45, 7) is 12.2. The van der Waals surface area contributed by atoms with Gasteiger partial charge in [0, 0.05) is 19.6 Å². The first-order valence-electron chi connectivity index (χ1n) is 5.29. The Labute approximate surface area is 87.7 Å². The van der Waals surface area contributed by atoms with E-state index in [1.54, 1.807) is 13.8 Å². The SMILES string of the molecule is CC(O)CN(CC(C)O)CC(C)(C)C. The summed E-state index contributed by atoms with van der Waals surface area (Å²) in [6, 6.07) is 0. The number of nitrogens with zero attached hydrogens (tertiary/aromatic N) is 1. The maximum absolute atomic E-state index is 9.31. The van der Waals surface area contributed by atoms with E-state index in [-0.39, 0.29) is 17.6 Å². The molecule has 86 valence electrons. The summed E-state index contributed by atoms with van der Waals surface area (Å²) in [6.07, 6.45) is -0.674. The molecule has 0 radical (unpaired) electrons. The van der Waals surface area contributed by atoms with Gasteiger partial charge in [-0.3, -0.25) is 4.90 Å². The molecule has 2 atom stereocenters. The molecule has 3 nitrogen and oxygen atoms in total. The van der Waals surface area contributed by atoms with Crippen LogP contribution in [-0.2, 0) is 0 Å². The lowest BCUT2D eigenvalue weighted by atomic mass is 9.96. The summed E-state index contributed by atoms with van der Waals surface area (Å²) in [4.78, 5) is 2.11. The summed E-state index contributed by atoms with van der Waals surface area (Å²) in [7, 11) is 0. The van der Waals surface area contributed by atoms with Gasteiger partial charge in [-0.15, -0.1) is 0 Å². The van der Waals surface area contributed by atoms with Gasteiger partial charge < -0.3 is 10.2 Å². The molecule has 0 aliphatic heterocycles. The standard InChI is InChI=1S/C11H25NO2/c1-9(13)6-12(7-10(2)14)8-11(3,4)5/h9-10,13-14H,6-8H2,1-5H3. The molecule has 0 heterocycles. The lowest BCUT2D eigenvalue weighted by Crippen LogP contribution is -2.41. The fraction of sp³-hybridized carbons (Fsp3) is 1.00. The van der Waals surface area contributed by atoms with Crippen molar-refractivity contribution in [1.82, 2.24) is 4.90 Å². The smallest absolute Gasteiger partial charge is 0.0639 e. The molecule has 14 heavy (non-hydrogen) atoms. The Bertz CT molecular complexity index is 140. The summed E-state index contributed by atoms with van der Waals surface area (Å²) < 4.78 is 0. The van der Waals surface area contributed by atoms with E-state index < -0.39 is 0 Å². The highest BCUT2D eigenvalue weighted by molar-refractivity contribution is 4.72. The minimum Gasteiger partial charge on any atom is -0.392 e. The molecule has 3 heteroatoms. The molecule has 0 aliphatic carbocycles. The number of hydrogen-bond donors (Lipinski definition) is 2. The molecule has 0 saturated heterocycles. The molecule has 0 aliphatic rings. The van der Waals surface area contributed by atoms with Crippen molar-refractivity contribution in [2.45, 2.75) is 46.8 Å². The van der Waals surface area contributed by atoms with Crippen molar-refractivity contribution in [2.24, 2.45) is 5.41 Å². The van der Waals surface area contributed by atoms with Crippen LogP contribution in [0.3, 0.4) is 0 Å². The second-order valence-electron chi connectivity index (χ2n) is 5.45. The zero-order valence-electron chi connectivity index (χ0n) is 10.1. The maximum Gasteiger partial charge on any atom is 0.0639 e. The summed E-state index contributed by atoms with van der Waals surface area (Å²) in [5.41, 5.74) is 0.198. The third-order valence-corrected chi connectivity index (χ3v) is 1.74. The molecular formula is C11H25NO2. The monoisotopic (exact) mass is 203 g/mol. The number of rotatable bonds is 5. The number of aliphatic hydroxyl groups excluding tert-OH is 2. The van der Waals surface area contributed by atoms with Gasteiger partial charge in [0.25, 0.3) is 0 Å². The van der Waals surface area contributed by atoms with Gasteiger partial charge in [0.1, 0.15) is 0 Å². The van der Waals surface area contributed by atoms with Crippen molar-refractivity contribution >= 4 is 0 Å². The molecule has 0 amide bonds. The predicted octanol–water partition coefficient (Wildman–Crippen LogP) is 1.10. The van der Waals surface area contributed by atoms with E-state index in [1.807, 2.05) is 0 Å². The van der Waals surface area contributed by atoms with E-state index in [0.29, 0.717) is 13.1 Å². The van der Waals surface area contributed by atoms with Crippen molar-refractivity contribution in [1.29, 1.82) is 0 Å². The molecule has 0 aromatic heterocycles. The van der Waals surface area contributed by atoms with Crippen molar-refractivity contribution < 1.29 is 10.2 Å². The first-order valence-corrected chi connectivity index (χ1v) is 5.29. The molecule has 0 saturated carbocycles. The van der Waals surface area contributed by atoms with Crippen molar-refractivity contribution in [3.8, 4) is 0 Å². The highest BCUT2D eigenvalue weighted by Gasteiger charge is 2.18. The van der Waals surface area contributed by atoms with Gasteiger partial charge in [-0.05, 0) is 19.3 Å². The lowest BCUT2D eigenvalue weighted by Gasteiger charge is -2.31. The Morgan fingerprint density at radius 3 is 1.57 bits per heavy atom. The van der Waals surface area contributed by atoms with Crippen molar-refractivity contribution in [3.63, 3.8) is 0 Å². The van der Waals surface area contributed by atoms with Crippen LogP contribution in [0.4, 0.5) is 0 Å². The third-order valence-electron chi connectivity index (χ3n) is 1.74. The zero-order chi connectivity index (χ0) is 11.4. The highest BCUT2D eigenvalue weighted by Crippen LogP contribution is 2.15. The Hall–Kier alpha value is -0.120. The van der Waals surface area contributed by atoms with E-state index >= 15 is 0 Å². The number of aliphatic hydroxyl groups is 2. The van der Waals surface area contributed by atoms with Gasteiger partial charge in [0.15, 0.2) is 0 Å². The second-order valence-corrected chi connectivity index (χ2v) is 5.45. The van der Waals surface area contributed by atoms with Gasteiger partial charge in [-0.25, -0.2) is 0 Å². The fourth-order valence-electron chi connectivity index (χ4n) is 1.62. The van der Waals surface area contributed by atoms with Crippen LogP contribution in [-0.4, -0.2) is 47.0 Å². The van der Waals surface area contributed by atoms with Crippen LogP contribution in [0.1, 0.15) is 34.6 Å². The minimum atomic E-state index is -0.337. The molecule has 2 unspecified atom stereocenters. The molecule has 0 aromatic rings. The van der Waals surface area contributed by atoms with Gasteiger partial charge in [-0.2, -0.15) is 0 Å². The van der Waals surface area contributed by atoms with E-state index in [1.165, 1.54) is 0 Å². The molecular weight excluding hydrogens is 178 g/mol.